The van der Waals surface area contributed by atoms with E-state index in [2.05, 4.69) is 17.0 Å². The summed E-state index contributed by atoms with van der Waals surface area (Å²) in [6.45, 7) is 3.88. The third-order valence-electron chi connectivity index (χ3n) is 4.30. The zero-order valence-corrected chi connectivity index (χ0v) is 16.4. The molecule has 7 heteroatoms. The first-order chi connectivity index (χ1) is 12.5. The van der Waals surface area contributed by atoms with E-state index in [1.807, 2.05) is 23.1 Å². The number of nitrogens with zero attached hydrogens (tertiary/aromatic N) is 2. The van der Waals surface area contributed by atoms with Crippen LogP contribution in [0.2, 0.25) is 15.1 Å². The van der Waals surface area contributed by atoms with Crippen molar-refractivity contribution in [1.29, 1.82) is 0 Å². The van der Waals surface area contributed by atoms with Gasteiger partial charge in [0.05, 0.1) is 15.1 Å². The highest BCUT2D eigenvalue weighted by molar-refractivity contribution is 6.43. The summed E-state index contributed by atoms with van der Waals surface area (Å²) in [5.41, 5.74) is 1.28. The van der Waals surface area contributed by atoms with Crippen LogP contribution in [-0.2, 0) is 11.3 Å². The second-order valence-electron chi connectivity index (χ2n) is 6.13. The van der Waals surface area contributed by atoms with Crippen LogP contribution in [0.1, 0.15) is 5.56 Å². The third kappa shape index (κ3) is 5.04. The van der Waals surface area contributed by atoms with Crippen molar-refractivity contribution in [3.8, 4) is 5.75 Å². The van der Waals surface area contributed by atoms with E-state index in [-0.39, 0.29) is 12.5 Å². The summed E-state index contributed by atoms with van der Waals surface area (Å²) in [7, 11) is 0. The van der Waals surface area contributed by atoms with Gasteiger partial charge in [-0.15, -0.1) is 0 Å². The molecule has 2 aromatic carbocycles. The highest BCUT2D eigenvalue weighted by atomic mass is 35.5. The maximum absolute atomic E-state index is 12.4. The number of carbonyl (C=O) groups is 1. The number of rotatable bonds is 5. The van der Waals surface area contributed by atoms with E-state index < -0.39 is 0 Å². The maximum Gasteiger partial charge on any atom is 0.260 e. The number of hydrogen-bond acceptors (Lipinski definition) is 3. The molecular formula is C19H19Cl3N2O2. The van der Waals surface area contributed by atoms with E-state index in [0.29, 0.717) is 33.9 Å². The van der Waals surface area contributed by atoms with Crippen LogP contribution in [-0.4, -0.2) is 48.5 Å². The van der Waals surface area contributed by atoms with Crippen molar-refractivity contribution in [2.75, 3.05) is 32.8 Å². The van der Waals surface area contributed by atoms with Crippen LogP contribution in [0.4, 0.5) is 0 Å². The molecule has 0 atom stereocenters. The SMILES string of the molecule is O=C(COc1cc(Cl)c(Cl)cc1Cl)N1CCN(Cc2ccccc2)CC1. The normalized spacial score (nSPS) is 15.1. The van der Waals surface area contributed by atoms with E-state index in [0.717, 1.165) is 19.6 Å². The van der Waals surface area contributed by atoms with E-state index in [9.17, 15) is 4.79 Å². The molecule has 0 spiro atoms. The predicted molar refractivity (Wildman–Crippen MR) is 105 cm³/mol. The van der Waals surface area contributed by atoms with Crippen molar-refractivity contribution < 1.29 is 9.53 Å². The molecule has 0 aromatic heterocycles. The molecule has 0 unspecified atom stereocenters. The van der Waals surface area contributed by atoms with E-state index in [4.69, 9.17) is 39.5 Å². The lowest BCUT2D eigenvalue weighted by Gasteiger charge is -2.34. The topological polar surface area (TPSA) is 32.8 Å². The lowest BCUT2D eigenvalue weighted by atomic mass is 10.2. The van der Waals surface area contributed by atoms with Crippen LogP contribution in [0.5, 0.6) is 5.75 Å². The molecule has 0 bridgehead atoms. The zero-order valence-electron chi connectivity index (χ0n) is 14.1. The van der Waals surface area contributed by atoms with Gasteiger partial charge in [0.1, 0.15) is 5.75 Å². The van der Waals surface area contributed by atoms with Gasteiger partial charge in [-0.25, -0.2) is 0 Å². The zero-order chi connectivity index (χ0) is 18.5. The molecule has 1 aliphatic rings. The average molecular weight is 414 g/mol. The van der Waals surface area contributed by atoms with Gasteiger partial charge in [0, 0.05) is 38.8 Å². The highest BCUT2D eigenvalue weighted by Gasteiger charge is 2.21. The van der Waals surface area contributed by atoms with E-state index in [1.165, 1.54) is 17.7 Å². The maximum atomic E-state index is 12.4. The first kappa shape index (κ1) is 19.3. The van der Waals surface area contributed by atoms with Crippen molar-refractivity contribution in [3.63, 3.8) is 0 Å². The number of amides is 1. The Balaban J connectivity index is 1.47. The van der Waals surface area contributed by atoms with Gasteiger partial charge >= 0.3 is 0 Å². The molecule has 0 saturated carbocycles. The molecule has 1 saturated heterocycles. The Morgan fingerprint density at radius 2 is 1.58 bits per heavy atom. The molecular weight excluding hydrogens is 395 g/mol. The molecule has 0 aliphatic carbocycles. The first-order valence-corrected chi connectivity index (χ1v) is 9.48. The van der Waals surface area contributed by atoms with Crippen molar-refractivity contribution in [2.24, 2.45) is 0 Å². The molecule has 1 amide bonds. The summed E-state index contributed by atoms with van der Waals surface area (Å²) in [4.78, 5) is 16.5. The fraction of sp³-hybridized carbons (Fsp3) is 0.316. The minimum absolute atomic E-state index is 0.0634. The molecule has 26 heavy (non-hydrogen) atoms. The van der Waals surface area contributed by atoms with Crippen molar-refractivity contribution in [3.05, 3.63) is 63.1 Å². The molecule has 3 rings (SSSR count). The number of halogens is 3. The van der Waals surface area contributed by atoms with Gasteiger partial charge < -0.3 is 9.64 Å². The largest absolute Gasteiger partial charge is 0.482 e. The molecule has 1 heterocycles. The standard InChI is InChI=1S/C19H19Cl3N2O2/c20-15-10-17(22)18(11-16(15)21)26-13-19(25)24-8-6-23(7-9-24)12-14-4-2-1-3-5-14/h1-5,10-11H,6-9,12-13H2. The molecule has 1 fully saturated rings. The van der Waals surface area contributed by atoms with Gasteiger partial charge in [-0.05, 0) is 11.6 Å². The average Bonchev–Trinajstić information content (AvgIpc) is 2.65. The Morgan fingerprint density at radius 3 is 2.27 bits per heavy atom. The van der Waals surface area contributed by atoms with Crippen LogP contribution in [0.15, 0.2) is 42.5 Å². The lowest BCUT2D eigenvalue weighted by Crippen LogP contribution is -2.49. The monoisotopic (exact) mass is 412 g/mol. The summed E-state index contributed by atoms with van der Waals surface area (Å²) in [6.07, 6.45) is 0. The van der Waals surface area contributed by atoms with Gasteiger partial charge in [0.25, 0.3) is 5.91 Å². The number of piperazine rings is 1. The Morgan fingerprint density at radius 1 is 0.923 bits per heavy atom. The minimum Gasteiger partial charge on any atom is -0.482 e. The van der Waals surface area contributed by atoms with E-state index in [1.54, 1.807) is 0 Å². The molecule has 138 valence electrons. The van der Waals surface area contributed by atoms with E-state index >= 15 is 0 Å². The molecule has 0 radical (unpaired) electrons. The van der Waals surface area contributed by atoms with Crippen LogP contribution in [0.3, 0.4) is 0 Å². The molecule has 2 aromatic rings. The highest BCUT2D eigenvalue weighted by Crippen LogP contribution is 2.33. The summed E-state index contributed by atoms with van der Waals surface area (Å²) < 4.78 is 5.53. The second kappa shape index (κ2) is 8.96. The fourth-order valence-corrected chi connectivity index (χ4v) is 3.43. The van der Waals surface area contributed by atoms with Crippen LogP contribution < -0.4 is 4.74 Å². The van der Waals surface area contributed by atoms with Crippen LogP contribution in [0, 0.1) is 0 Å². The number of carbonyl (C=O) groups excluding carboxylic acids is 1. The minimum atomic E-state index is -0.0730. The summed E-state index contributed by atoms with van der Waals surface area (Å²) in [6, 6.07) is 13.4. The van der Waals surface area contributed by atoms with Gasteiger partial charge in [-0.2, -0.15) is 0 Å². The second-order valence-corrected chi connectivity index (χ2v) is 7.35. The summed E-state index contributed by atoms with van der Waals surface area (Å²) in [5, 5.41) is 1.03. The quantitative estimate of drug-likeness (QED) is 0.682. The van der Waals surface area contributed by atoms with Gasteiger partial charge in [0.2, 0.25) is 0 Å². The Kier molecular flexibility index (Phi) is 6.65. The predicted octanol–water partition coefficient (Wildman–Crippen LogP) is 4.37. The molecule has 4 nitrogen and oxygen atoms in total. The van der Waals surface area contributed by atoms with Crippen molar-refractivity contribution in [2.45, 2.75) is 6.54 Å². The Hall–Kier alpha value is -1.46. The number of benzene rings is 2. The lowest BCUT2D eigenvalue weighted by molar-refractivity contribution is -0.135. The van der Waals surface area contributed by atoms with Gasteiger partial charge in [-0.3, -0.25) is 9.69 Å². The van der Waals surface area contributed by atoms with Gasteiger partial charge in [-0.1, -0.05) is 65.1 Å². The molecule has 0 N–H and O–H groups in total. The molecule has 1 aliphatic heterocycles. The third-order valence-corrected chi connectivity index (χ3v) is 5.32. The van der Waals surface area contributed by atoms with Crippen LogP contribution in [0.25, 0.3) is 0 Å². The smallest absolute Gasteiger partial charge is 0.260 e. The van der Waals surface area contributed by atoms with Crippen molar-refractivity contribution in [1.82, 2.24) is 9.80 Å². The Bertz CT molecular complexity index is 763. The van der Waals surface area contributed by atoms with Crippen LogP contribution >= 0.6 is 34.8 Å². The Labute approximate surface area is 168 Å². The first-order valence-electron chi connectivity index (χ1n) is 8.34. The fourth-order valence-electron chi connectivity index (χ4n) is 2.84. The summed E-state index contributed by atoms with van der Waals surface area (Å²) in [5.74, 6) is 0.295. The summed E-state index contributed by atoms with van der Waals surface area (Å²) >= 11 is 17.9. The number of hydrogen-bond donors (Lipinski definition) is 0. The van der Waals surface area contributed by atoms with Crippen molar-refractivity contribution >= 4 is 40.7 Å². The number of ether oxygens (including phenoxy) is 1. The van der Waals surface area contributed by atoms with Gasteiger partial charge in [0.15, 0.2) is 6.61 Å².